The molecule has 4 atom stereocenters. The number of aliphatic hydroxyl groups is 1. The first-order chi connectivity index (χ1) is 28.4. The molecule has 3 N–H and O–H groups in total. The van der Waals surface area contributed by atoms with Crippen LogP contribution in [0.25, 0.3) is 11.1 Å². The maximum atomic E-state index is 13.3. The zero-order valence-electron chi connectivity index (χ0n) is 33.6. The molecule has 7 heteroatoms. The summed E-state index contributed by atoms with van der Waals surface area (Å²) in [5, 5.41) is 16.4. The van der Waals surface area contributed by atoms with Gasteiger partial charge in [-0.15, -0.1) is 0 Å². The van der Waals surface area contributed by atoms with E-state index in [0.717, 1.165) is 90.0 Å². The van der Waals surface area contributed by atoms with E-state index in [4.69, 9.17) is 9.47 Å². The van der Waals surface area contributed by atoms with Gasteiger partial charge < -0.3 is 25.2 Å². The number of carbonyl (C=O) groups is 1. The number of amides is 2. The number of nitrogens with one attached hydrogen (secondary N) is 2. The van der Waals surface area contributed by atoms with Gasteiger partial charge in [0.05, 0.1) is 18.8 Å². The van der Waals surface area contributed by atoms with Gasteiger partial charge in [0, 0.05) is 43.2 Å². The highest BCUT2D eigenvalue weighted by Crippen LogP contribution is 2.55. The van der Waals surface area contributed by atoms with Gasteiger partial charge in [0.1, 0.15) is 0 Å². The number of urea groups is 1. The Bertz CT molecular complexity index is 2060. The number of aliphatic hydroxyl groups excluding tert-OH is 1. The highest BCUT2D eigenvalue weighted by molar-refractivity contribution is 5.75. The maximum absolute atomic E-state index is 13.3. The minimum Gasteiger partial charge on any atom is -0.392 e. The van der Waals surface area contributed by atoms with E-state index in [-0.39, 0.29) is 36.3 Å². The van der Waals surface area contributed by atoms with Crippen LogP contribution in [-0.4, -0.2) is 34.2 Å². The third-order valence-corrected chi connectivity index (χ3v) is 13.3. The largest absolute Gasteiger partial charge is 0.392 e. The van der Waals surface area contributed by atoms with Gasteiger partial charge in [-0.25, -0.2) is 4.79 Å². The van der Waals surface area contributed by atoms with Gasteiger partial charge in [-0.3, -0.25) is 4.90 Å². The van der Waals surface area contributed by atoms with Crippen molar-refractivity contribution < 1.29 is 19.4 Å². The van der Waals surface area contributed by atoms with Gasteiger partial charge in [0.2, 0.25) is 0 Å². The first kappa shape index (κ1) is 38.7. The highest BCUT2D eigenvalue weighted by Gasteiger charge is 2.51. The summed E-state index contributed by atoms with van der Waals surface area (Å²) in [6, 6.07) is 46.3. The van der Waals surface area contributed by atoms with E-state index in [1.165, 1.54) is 30.4 Å². The van der Waals surface area contributed by atoms with Gasteiger partial charge >= 0.3 is 6.03 Å². The fraction of sp³-hybridized carbons (Fsp3) is 0.392. The molecule has 300 valence electrons. The van der Waals surface area contributed by atoms with E-state index in [9.17, 15) is 9.90 Å². The SMILES string of the molecule is C[C@H]1[C@@H](CN(Cc2ccccc2)Cc2ccccc2)O[C@@H](c2cccc(-c3cccc(CNC(=O)NC45CC6CC(CC(C6)C4)C5)c3)c2)O[C@H]1c1ccc(CO)cc1. The summed E-state index contributed by atoms with van der Waals surface area (Å²) >= 11 is 0. The molecular formula is C51H57N3O4. The molecule has 0 unspecified atom stereocenters. The molecule has 4 bridgehead atoms. The standard InChI is InChI=1S/C51H57N3O4/c1-35-47(33-54(31-36-10-4-2-5-11-36)32-37-12-6-3-7-13-37)57-49(58-48(35)43-20-18-38(34-55)19-21-43)46-17-9-16-45(26-46)44-15-8-14-39(25-44)30-52-50(56)53-51-27-40-22-41(28-51)24-42(23-40)29-51/h2-21,25-26,35,40-42,47-49,55H,22-24,27-34H2,1H3,(H2,52,53,56)/t35-,40?,41?,42?,47+,48+,49+,51?/m0/s1. The predicted octanol–water partition coefficient (Wildman–Crippen LogP) is 10.1. The molecule has 0 radical (unpaired) electrons. The second kappa shape index (κ2) is 17.2. The zero-order valence-corrected chi connectivity index (χ0v) is 33.6. The van der Waals surface area contributed by atoms with E-state index in [1.807, 2.05) is 12.1 Å². The summed E-state index contributed by atoms with van der Waals surface area (Å²) in [4.78, 5) is 15.8. The molecule has 5 aliphatic rings. The number of nitrogens with zero attached hydrogens (tertiary/aromatic N) is 1. The minimum absolute atomic E-state index is 0.00272. The average Bonchev–Trinajstić information content (AvgIpc) is 3.24. The molecule has 5 aromatic rings. The molecule has 5 aromatic carbocycles. The van der Waals surface area contributed by atoms with Crippen molar-refractivity contribution in [1.82, 2.24) is 15.5 Å². The number of carbonyl (C=O) groups excluding carboxylic acids is 1. The van der Waals surface area contributed by atoms with Gasteiger partial charge in [0.15, 0.2) is 6.29 Å². The van der Waals surface area contributed by atoms with Crippen molar-refractivity contribution in [3.05, 3.63) is 167 Å². The molecule has 5 fully saturated rings. The van der Waals surface area contributed by atoms with Crippen LogP contribution in [0.5, 0.6) is 0 Å². The lowest BCUT2D eigenvalue weighted by Crippen LogP contribution is -2.61. The molecule has 4 aliphatic carbocycles. The summed E-state index contributed by atoms with van der Waals surface area (Å²) < 4.78 is 13.9. The van der Waals surface area contributed by atoms with E-state index in [2.05, 4.69) is 144 Å². The fourth-order valence-corrected chi connectivity index (χ4v) is 10.9. The topological polar surface area (TPSA) is 83.1 Å². The number of hydrogen-bond donors (Lipinski definition) is 3. The van der Waals surface area contributed by atoms with E-state index in [0.29, 0.717) is 6.54 Å². The Hall–Kier alpha value is -4.79. The summed E-state index contributed by atoms with van der Waals surface area (Å²) in [6.45, 7) is 5.03. The Morgan fingerprint density at radius 3 is 1.88 bits per heavy atom. The van der Waals surface area contributed by atoms with Gasteiger partial charge in [0.25, 0.3) is 0 Å². The third kappa shape index (κ3) is 8.93. The van der Waals surface area contributed by atoms with Crippen molar-refractivity contribution in [2.45, 2.75) is 95.7 Å². The first-order valence-electron chi connectivity index (χ1n) is 21.4. The lowest BCUT2D eigenvalue weighted by Gasteiger charge is -2.56. The van der Waals surface area contributed by atoms with Crippen LogP contribution in [0.1, 0.15) is 91.2 Å². The smallest absolute Gasteiger partial charge is 0.315 e. The van der Waals surface area contributed by atoms with Crippen LogP contribution in [0.15, 0.2) is 133 Å². The monoisotopic (exact) mass is 775 g/mol. The molecule has 58 heavy (non-hydrogen) atoms. The summed E-state index contributed by atoms with van der Waals surface area (Å²) in [5.74, 6) is 2.42. The normalized spacial score (nSPS) is 27.4. The van der Waals surface area contributed by atoms with Gasteiger partial charge in [-0.2, -0.15) is 0 Å². The molecule has 2 amide bonds. The van der Waals surface area contributed by atoms with Crippen LogP contribution in [0.3, 0.4) is 0 Å². The van der Waals surface area contributed by atoms with E-state index >= 15 is 0 Å². The average molecular weight is 776 g/mol. The third-order valence-electron chi connectivity index (χ3n) is 13.3. The van der Waals surface area contributed by atoms with Crippen molar-refractivity contribution in [2.24, 2.45) is 23.7 Å². The van der Waals surface area contributed by atoms with E-state index in [1.54, 1.807) is 0 Å². The lowest BCUT2D eigenvalue weighted by molar-refractivity contribution is -0.276. The van der Waals surface area contributed by atoms with Crippen molar-refractivity contribution in [3.63, 3.8) is 0 Å². The molecule has 7 nitrogen and oxygen atoms in total. The zero-order chi connectivity index (χ0) is 39.5. The van der Waals surface area contributed by atoms with Gasteiger partial charge in [-0.1, -0.05) is 128 Å². The molecule has 0 aromatic heterocycles. The quantitative estimate of drug-likeness (QED) is 0.111. The van der Waals surface area contributed by atoms with Crippen molar-refractivity contribution >= 4 is 6.03 Å². The van der Waals surface area contributed by atoms with Crippen molar-refractivity contribution in [3.8, 4) is 11.1 Å². The molecule has 4 saturated carbocycles. The van der Waals surface area contributed by atoms with Crippen LogP contribution < -0.4 is 10.6 Å². The Labute approximate surface area is 343 Å². The lowest BCUT2D eigenvalue weighted by atomic mass is 9.53. The van der Waals surface area contributed by atoms with Crippen molar-refractivity contribution in [2.75, 3.05) is 6.54 Å². The van der Waals surface area contributed by atoms with Crippen molar-refractivity contribution in [1.29, 1.82) is 0 Å². The molecule has 1 aliphatic heterocycles. The molecule has 1 saturated heterocycles. The second-order valence-corrected chi connectivity index (χ2v) is 17.8. The Morgan fingerprint density at radius 2 is 1.26 bits per heavy atom. The summed E-state index contributed by atoms with van der Waals surface area (Å²) in [7, 11) is 0. The highest BCUT2D eigenvalue weighted by atomic mass is 16.7. The van der Waals surface area contributed by atoms with Crippen LogP contribution in [0.2, 0.25) is 0 Å². The van der Waals surface area contributed by atoms with Gasteiger partial charge in [-0.05, 0) is 107 Å². The molecule has 0 spiro atoms. The Kier molecular flexibility index (Phi) is 11.5. The number of ether oxygens (including phenoxy) is 2. The summed E-state index contributed by atoms with van der Waals surface area (Å²) in [5.41, 5.74) is 8.64. The predicted molar refractivity (Wildman–Crippen MR) is 228 cm³/mol. The number of hydrogen-bond acceptors (Lipinski definition) is 5. The van der Waals surface area contributed by atoms with Crippen LogP contribution in [-0.2, 0) is 35.7 Å². The first-order valence-corrected chi connectivity index (χ1v) is 21.4. The Balaban J connectivity index is 0.931. The second-order valence-electron chi connectivity index (χ2n) is 17.8. The molecule has 10 rings (SSSR count). The van der Waals surface area contributed by atoms with E-state index < -0.39 is 6.29 Å². The fourth-order valence-electron chi connectivity index (χ4n) is 10.9. The number of rotatable bonds is 13. The molecular weight excluding hydrogens is 719 g/mol. The van der Waals surface area contributed by atoms with Crippen LogP contribution in [0, 0.1) is 23.7 Å². The number of benzene rings is 5. The van der Waals surface area contributed by atoms with Crippen LogP contribution >= 0.6 is 0 Å². The molecule has 1 heterocycles. The summed E-state index contributed by atoms with van der Waals surface area (Å²) in [6.07, 6.45) is 6.57. The Morgan fingerprint density at radius 1 is 0.672 bits per heavy atom. The van der Waals surface area contributed by atoms with Crippen LogP contribution in [0.4, 0.5) is 4.79 Å². The minimum atomic E-state index is -0.586. The maximum Gasteiger partial charge on any atom is 0.315 e.